The first kappa shape index (κ1) is 12.9. The lowest BCUT2D eigenvalue weighted by Gasteiger charge is -2.26. The summed E-state index contributed by atoms with van der Waals surface area (Å²) in [5, 5.41) is 17.3. The molecule has 96 valence electrons. The quantitative estimate of drug-likeness (QED) is 0.708. The zero-order valence-corrected chi connectivity index (χ0v) is 9.78. The van der Waals surface area contributed by atoms with Gasteiger partial charge in [-0.3, -0.25) is 4.79 Å². The number of rotatable bonds is 3. The summed E-state index contributed by atoms with van der Waals surface area (Å²) in [6.07, 6.45) is 0. The molecule has 1 heterocycles. The molecule has 1 aromatic carbocycles. The van der Waals surface area contributed by atoms with Crippen molar-refractivity contribution < 1.29 is 24.2 Å². The summed E-state index contributed by atoms with van der Waals surface area (Å²) in [7, 11) is -1.86. The minimum Gasteiger partial charge on any atom is -0.512 e. The van der Waals surface area contributed by atoms with Gasteiger partial charge in [0, 0.05) is 18.7 Å². The van der Waals surface area contributed by atoms with Gasteiger partial charge >= 0.3 is 7.32 Å². The van der Waals surface area contributed by atoms with Crippen LogP contribution in [0.25, 0.3) is 0 Å². The van der Waals surface area contributed by atoms with Crippen LogP contribution in [0.3, 0.4) is 0 Å². The van der Waals surface area contributed by atoms with Crippen molar-refractivity contribution in [1.29, 1.82) is 0 Å². The topological polar surface area (TPSA) is 79.2 Å². The molecule has 1 aromatic rings. The predicted octanol–water partition coefficient (Wildman–Crippen LogP) is -0.493. The van der Waals surface area contributed by atoms with Crippen molar-refractivity contribution in [2.24, 2.45) is 0 Å². The van der Waals surface area contributed by atoms with Gasteiger partial charge in [-0.2, -0.15) is 0 Å². The lowest BCUT2D eigenvalue weighted by atomic mass is 10.1. The van der Waals surface area contributed by atoms with Crippen LogP contribution in [0.15, 0.2) is 24.3 Å². The van der Waals surface area contributed by atoms with E-state index < -0.39 is 7.32 Å². The molecule has 2 N–H and O–H groups in total. The standard InChI is InChI=1S/C11H14BNO5/c14-11(13-5-7-17-8-6-13)9-1-3-10(4-2-9)18-12(15)16/h1-4,15-16H,5-8H2. The van der Waals surface area contributed by atoms with E-state index in [1.54, 1.807) is 17.0 Å². The molecule has 0 radical (unpaired) electrons. The Morgan fingerprint density at radius 1 is 1.22 bits per heavy atom. The number of morpholine rings is 1. The van der Waals surface area contributed by atoms with E-state index in [4.69, 9.17) is 14.8 Å². The van der Waals surface area contributed by atoms with Crippen molar-refractivity contribution >= 4 is 13.2 Å². The van der Waals surface area contributed by atoms with Crippen molar-refractivity contribution in [2.45, 2.75) is 0 Å². The van der Waals surface area contributed by atoms with E-state index in [0.717, 1.165) is 0 Å². The monoisotopic (exact) mass is 251 g/mol. The van der Waals surface area contributed by atoms with Crippen LogP contribution >= 0.6 is 0 Å². The summed E-state index contributed by atoms with van der Waals surface area (Å²) >= 11 is 0. The number of benzene rings is 1. The molecule has 1 fully saturated rings. The van der Waals surface area contributed by atoms with Crippen LogP contribution in [0, 0.1) is 0 Å². The third-order valence-electron chi connectivity index (χ3n) is 2.64. The Hall–Kier alpha value is -1.57. The van der Waals surface area contributed by atoms with Crippen molar-refractivity contribution in [2.75, 3.05) is 26.3 Å². The third-order valence-corrected chi connectivity index (χ3v) is 2.64. The Bertz CT molecular complexity index is 402. The molecular weight excluding hydrogens is 237 g/mol. The van der Waals surface area contributed by atoms with Crippen LogP contribution in [0.5, 0.6) is 5.75 Å². The molecule has 0 aromatic heterocycles. The summed E-state index contributed by atoms with van der Waals surface area (Å²) in [6, 6.07) is 6.23. The van der Waals surface area contributed by atoms with Crippen LogP contribution < -0.4 is 4.65 Å². The van der Waals surface area contributed by atoms with Gasteiger partial charge in [0.1, 0.15) is 5.75 Å². The molecule has 0 bridgehead atoms. The van der Waals surface area contributed by atoms with E-state index in [1.165, 1.54) is 12.1 Å². The second-order valence-corrected chi connectivity index (χ2v) is 3.87. The zero-order chi connectivity index (χ0) is 13.0. The number of hydrogen-bond acceptors (Lipinski definition) is 5. The molecule has 0 saturated carbocycles. The van der Waals surface area contributed by atoms with E-state index >= 15 is 0 Å². The second-order valence-electron chi connectivity index (χ2n) is 3.87. The maximum atomic E-state index is 12.1. The zero-order valence-electron chi connectivity index (χ0n) is 9.78. The Balaban J connectivity index is 2.02. The molecule has 0 aliphatic carbocycles. The molecule has 0 atom stereocenters. The number of nitrogens with zero attached hydrogens (tertiary/aromatic N) is 1. The van der Waals surface area contributed by atoms with Crippen molar-refractivity contribution in [1.82, 2.24) is 4.90 Å². The van der Waals surface area contributed by atoms with E-state index in [1.807, 2.05) is 0 Å². The highest BCUT2D eigenvalue weighted by molar-refractivity contribution is 6.33. The second kappa shape index (κ2) is 5.86. The van der Waals surface area contributed by atoms with Gasteiger partial charge in [-0.15, -0.1) is 0 Å². The minimum absolute atomic E-state index is 0.0607. The molecule has 0 unspecified atom stereocenters. The summed E-state index contributed by atoms with van der Waals surface area (Å²) in [4.78, 5) is 13.8. The third kappa shape index (κ3) is 3.22. The average molecular weight is 251 g/mol. The van der Waals surface area contributed by atoms with E-state index in [2.05, 4.69) is 4.65 Å². The van der Waals surface area contributed by atoms with Gasteiger partial charge in [-0.1, -0.05) is 0 Å². The predicted molar refractivity (Wildman–Crippen MR) is 64.0 cm³/mol. The van der Waals surface area contributed by atoms with Crippen LogP contribution in [-0.4, -0.2) is 54.5 Å². The smallest absolute Gasteiger partial charge is 0.512 e. The fourth-order valence-corrected chi connectivity index (χ4v) is 1.75. The number of amides is 1. The minimum atomic E-state index is -1.86. The van der Waals surface area contributed by atoms with Crippen molar-refractivity contribution in [3.05, 3.63) is 29.8 Å². The van der Waals surface area contributed by atoms with E-state index in [-0.39, 0.29) is 5.91 Å². The number of ether oxygens (including phenoxy) is 1. The van der Waals surface area contributed by atoms with Crippen LogP contribution in [-0.2, 0) is 4.74 Å². The number of hydrogen-bond donors (Lipinski definition) is 2. The van der Waals surface area contributed by atoms with E-state index in [0.29, 0.717) is 37.6 Å². The summed E-state index contributed by atoms with van der Waals surface area (Å²) < 4.78 is 9.84. The van der Waals surface area contributed by atoms with Gasteiger partial charge in [0.25, 0.3) is 5.91 Å². The summed E-state index contributed by atoms with van der Waals surface area (Å²) in [5.74, 6) is 0.234. The fraction of sp³-hybridized carbons (Fsp3) is 0.364. The molecule has 1 aliphatic rings. The first-order valence-electron chi connectivity index (χ1n) is 5.67. The SMILES string of the molecule is O=C(c1ccc(OB(O)O)cc1)N1CCOCC1. The first-order valence-corrected chi connectivity index (χ1v) is 5.67. The first-order chi connectivity index (χ1) is 8.66. The van der Waals surface area contributed by atoms with Gasteiger partial charge < -0.3 is 24.3 Å². The van der Waals surface area contributed by atoms with Crippen LogP contribution in [0.4, 0.5) is 0 Å². The Morgan fingerprint density at radius 2 is 1.83 bits per heavy atom. The van der Waals surface area contributed by atoms with Crippen LogP contribution in [0.1, 0.15) is 10.4 Å². The van der Waals surface area contributed by atoms with Gasteiger partial charge in [0.05, 0.1) is 13.2 Å². The Labute approximate surface area is 105 Å². The summed E-state index contributed by atoms with van der Waals surface area (Å²) in [6.45, 7) is 2.30. The molecule has 1 aliphatic heterocycles. The molecule has 7 heteroatoms. The number of carbonyl (C=O) groups is 1. The maximum Gasteiger partial charge on any atom is 0.707 e. The lowest BCUT2D eigenvalue weighted by Crippen LogP contribution is -2.40. The molecule has 1 amide bonds. The average Bonchev–Trinajstić information content (AvgIpc) is 2.39. The van der Waals surface area contributed by atoms with Gasteiger partial charge in [-0.05, 0) is 24.3 Å². The highest BCUT2D eigenvalue weighted by Crippen LogP contribution is 2.14. The molecule has 18 heavy (non-hydrogen) atoms. The Morgan fingerprint density at radius 3 is 2.39 bits per heavy atom. The fourth-order valence-electron chi connectivity index (χ4n) is 1.75. The van der Waals surface area contributed by atoms with Gasteiger partial charge in [0.2, 0.25) is 0 Å². The normalized spacial score (nSPS) is 15.3. The molecule has 0 spiro atoms. The lowest BCUT2D eigenvalue weighted by molar-refractivity contribution is 0.0303. The highest BCUT2D eigenvalue weighted by atomic mass is 16.6. The molecule has 6 nitrogen and oxygen atoms in total. The van der Waals surface area contributed by atoms with Gasteiger partial charge in [-0.25, -0.2) is 0 Å². The van der Waals surface area contributed by atoms with Crippen LogP contribution in [0.2, 0.25) is 0 Å². The molecule has 1 saturated heterocycles. The molecular formula is C11H14BNO5. The largest absolute Gasteiger partial charge is 0.707 e. The Kier molecular flexibility index (Phi) is 4.19. The summed E-state index contributed by atoms with van der Waals surface area (Å²) in [5.41, 5.74) is 0.539. The molecule has 2 rings (SSSR count). The maximum absolute atomic E-state index is 12.1. The van der Waals surface area contributed by atoms with Gasteiger partial charge in [0.15, 0.2) is 0 Å². The number of carbonyl (C=O) groups excluding carboxylic acids is 1. The van der Waals surface area contributed by atoms with Crippen molar-refractivity contribution in [3.8, 4) is 5.75 Å². The van der Waals surface area contributed by atoms with Crippen molar-refractivity contribution in [3.63, 3.8) is 0 Å². The highest BCUT2D eigenvalue weighted by Gasteiger charge is 2.18. The van der Waals surface area contributed by atoms with E-state index in [9.17, 15) is 4.79 Å².